The van der Waals surface area contributed by atoms with Gasteiger partial charge in [0.2, 0.25) is 11.7 Å². The van der Waals surface area contributed by atoms with Crippen molar-refractivity contribution in [2.75, 3.05) is 31.6 Å². The highest BCUT2D eigenvalue weighted by molar-refractivity contribution is 6.28. The standard InChI is InChI=1S/C17H19ClF3N3.C5H9NO2.C2H6/c1-4-11-13(5-2)23-16(18)24-15(11)22-9-10-7-6-8-12(14(10)19)17(3,20)21;7-5-6-1-3-8-4-2-6;1-2/h6-8H,4-5,9H2,1-3H3,(H,22,23,24);5H,1-4H2;1-2H3. The van der Waals surface area contributed by atoms with Gasteiger partial charge in [0.25, 0.3) is 5.92 Å². The van der Waals surface area contributed by atoms with Crippen LogP contribution in [0, 0.1) is 5.82 Å². The van der Waals surface area contributed by atoms with Crippen molar-refractivity contribution >= 4 is 23.8 Å². The molecule has 0 spiro atoms. The lowest BCUT2D eigenvalue weighted by atomic mass is 10.0. The van der Waals surface area contributed by atoms with Gasteiger partial charge in [-0.3, -0.25) is 4.79 Å². The van der Waals surface area contributed by atoms with E-state index in [1.165, 1.54) is 12.1 Å². The molecule has 0 bridgehead atoms. The summed E-state index contributed by atoms with van der Waals surface area (Å²) in [5.74, 6) is -3.64. The predicted octanol–water partition coefficient (Wildman–Crippen LogP) is 5.62. The summed E-state index contributed by atoms with van der Waals surface area (Å²) >= 11 is 5.92. The number of aromatic nitrogens is 2. The van der Waals surface area contributed by atoms with Crippen LogP contribution in [0.4, 0.5) is 19.0 Å². The number of morpholine rings is 1. The number of aryl methyl sites for hydroxylation is 1. The summed E-state index contributed by atoms with van der Waals surface area (Å²) < 4.78 is 46.2. The van der Waals surface area contributed by atoms with Gasteiger partial charge >= 0.3 is 0 Å². The van der Waals surface area contributed by atoms with Crippen LogP contribution in [0.25, 0.3) is 0 Å². The molecule has 1 aliphatic heterocycles. The highest BCUT2D eigenvalue weighted by Gasteiger charge is 2.29. The summed E-state index contributed by atoms with van der Waals surface area (Å²) in [5, 5.41) is 3.09. The van der Waals surface area contributed by atoms with Crippen molar-refractivity contribution in [3.8, 4) is 0 Å². The fourth-order valence-corrected chi connectivity index (χ4v) is 3.41. The van der Waals surface area contributed by atoms with Gasteiger partial charge in [-0.25, -0.2) is 23.1 Å². The second-order valence-electron chi connectivity index (χ2n) is 7.25. The number of carbonyl (C=O) groups is 1. The Morgan fingerprint density at radius 3 is 2.32 bits per heavy atom. The number of rotatable bonds is 7. The molecule has 0 saturated carbocycles. The minimum Gasteiger partial charge on any atom is -0.378 e. The molecule has 190 valence electrons. The van der Waals surface area contributed by atoms with E-state index in [1.54, 1.807) is 4.90 Å². The molecule has 6 nitrogen and oxygen atoms in total. The van der Waals surface area contributed by atoms with E-state index in [0.29, 0.717) is 38.8 Å². The molecule has 10 heteroatoms. The molecule has 1 saturated heterocycles. The van der Waals surface area contributed by atoms with Gasteiger partial charge in [-0.2, -0.15) is 0 Å². The van der Waals surface area contributed by atoms with Crippen LogP contribution in [-0.4, -0.2) is 47.6 Å². The molecule has 0 aliphatic carbocycles. The Bertz CT molecular complexity index is 905. The molecule has 0 atom stereocenters. The van der Waals surface area contributed by atoms with Crippen LogP contribution < -0.4 is 5.32 Å². The predicted molar refractivity (Wildman–Crippen MR) is 129 cm³/mol. The minimum atomic E-state index is -3.23. The van der Waals surface area contributed by atoms with E-state index < -0.39 is 17.3 Å². The van der Waals surface area contributed by atoms with E-state index in [2.05, 4.69) is 15.3 Å². The molecular formula is C24H34ClF3N4O2. The third kappa shape index (κ3) is 8.76. The molecule has 2 heterocycles. The largest absolute Gasteiger partial charge is 0.378 e. The highest BCUT2D eigenvalue weighted by atomic mass is 35.5. The number of nitrogens with zero attached hydrogens (tertiary/aromatic N) is 3. The molecule has 1 N–H and O–H groups in total. The van der Waals surface area contributed by atoms with Crippen LogP contribution in [0.1, 0.15) is 57.0 Å². The first kappa shape index (κ1) is 29.6. The van der Waals surface area contributed by atoms with E-state index in [4.69, 9.17) is 16.3 Å². The second kappa shape index (κ2) is 14.8. The van der Waals surface area contributed by atoms with Crippen LogP contribution >= 0.6 is 11.6 Å². The van der Waals surface area contributed by atoms with Gasteiger partial charge in [-0.05, 0) is 24.4 Å². The molecule has 2 aromatic rings. The van der Waals surface area contributed by atoms with E-state index in [-0.39, 0.29) is 17.4 Å². The molecule has 1 aromatic heterocycles. The lowest BCUT2D eigenvalue weighted by Gasteiger charge is -2.21. The molecular weight excluding hydrogens is 469 g/mol. The van der Waals surface area contributed by atoms with E-state index in [1.807, 2.05) is 27.7 Å². The number of carbonyl (C=O) groups excluding carboxylic acids is 1. The summed E-state index contributed by atoms with van der Waals surface area (Å²) in [6.45, 7) is 11.5. The Morgan fingerprint density at radius 2 is 1.82 bits per heavy atom. The average Bonchev–Trinajstić information content (AvgIpc) is 2.84. The van der Waals surface area contributed by atoms with Gasteiger partial charge in [0.1, 0.15) is 11.6 Å². The van der Waals surface area contributed by atoms with Crippen LogP contribution in [0.3, 0.4) is 0 Å². The number of amides is 1. The van der Waals surface area contributed by atoms with Gasteiger partial charge in [0, 0.05) is 37.7 Å². The Hall–Kier alpha value is -2.39. The first-order valence-electron chi connectivity index (χ1n) is 11.4. The maximum Gasteiger partial charge on any atom is 0.273 e. The first-order valence-corrected chi connectivity index (χ1v) is 11.8. The summed E-state index contributed by atoms with van der Waals surface area (Å²) in [6, 6.07) is 3.97. The molecule has 1 aromatic carbocycles. The van der Waals surface area contributed by atoms with Crippen molar-refractivity contribution in [3.05, 3.63) is 51.7 Å². The Morgan fingerprint density at radius 1 is 1.18 bits per heavy atom. The number of benzene rings is 1. The minimum absolute atomic E-state index is 0.0270. The molecule has 0 radical (unpaired) electrons. The normalized spacial score (nSPS) is 13.3. The maximum atomic E-state index is 14.3. The van der Waals surface area contributed by atoms with Crippen LogP contribution in [0.15, 0.2) is 18.2 Å². The smallest absolute Gasteiger partial charge is 0.273 e. The quantitative estimate of drug-likeness (QED) is 0.393. The summed E-state index contributed by atoms with van der Waals surface area (Å²) in [5.41, 5.74) is 1.23. The second-order valence-corrected chi connectivity index (χ2v) is 7.59. The zero-order chi connectivity index (χ0) is 25.7. The topological polar surface area (TPSA) is 67.4 Å². The van der Waals surface area contributed by atoms with Crippen molar-refractivity contribution in [2.45, 2.75) is 59.9 Å². The van der Waals surface area contributed by atoms with E-state index >= 15 is 0 Å². The molecule has 1 amide bonds. The van der Waals surface area contributed by atoms with Gasteiger partial charge in [0.15, 0.2) is 0 Å². The van der Waals surface area contributed by atoms with Crippen molar-refractivity contribution in [2.24, 2.45) is 0 Å². The summed E-state index contributed by atoms with van der Waals surface area (Å²) in [4.78, 5) is 20.1. The van der Waals surface area contributed by atoms with Crippen LogP contribution in [0.2, 0.25) is 5.28 Å². The number of anilines is 1. The fraction of sp³-hybridized carbons (Fsp3) is 0.542. The van der Waals surface area contributed by atoms with Gasteiger partial charge in [0.05, 0.1) is 24.5 Å². The molecule has 1 fully saturated rings. The Balaban J connectivity index is 0.000000483. The summed E-state index contributed by atoms with van der Waals surface area (Å²) in [6.07, 6.45) is 2.23. The third-order valence-corrected chi connectivity index (χ3v) is 5.12. The van der Waals surface area contributed by atoms with Gasteiger partial charge in [-0.1, -0.05) is 45.9 Å². The van der Waals surface area contributed by atoms with Gasteiger partial charge in [-0.15, -0.1) is 0 Å². The first-order chi connectivity index (χ1) is 16.2. The Kier molecular flexibility index (Phi) is 12.9. The van der Waals surface area contributed by atoms with Crippen molar-refractivity contribution in [1.29, 1.82) is 0 Å². The number of ether oxygens (including phenoxy) is 1. The zero-order valence-electron chi connectivity index (χ0n) is 20.4. The number of alkyl halides is 2. The van der Waals surface area contributed by atoms with Gasteiger partial charge < -0.3 is 15.0 Å². The lowest BCUT2D eigenvalue weighted by molar-refractivity contribution is -0.121. The number of nitrogens with one attached hydrogen (secondary N) is 1. The van der Waals surface area contributed by atoms with E-state index in [9.17, 15) is 18.0 Å². The van der Waals surface area contributed by atoms with Crippen molar-refractivity contribution in [1.82, 2.24) is 14.9 Å². The molecule has 0 unspecified atom stereocenters. The maximum absolute atomic E-state index is 14.3. The fourth-order valence-electron chi connectivity index (χ4n) is 3.23. The van der Waals surface area contributed by atoms with Crippen LogP contribution in [0.5, 0.6) is 0 Å². The zero-order valence-corrected chi connectivity index (χ0v) is 21.2. The molecule has 1 aliphatic rings. The number of halogens is 4. The van der Waals surface area contributed by atoms with Crippen molar-refractivity contribution in [3.63, 3.8) is 0 Å². The molecule has 34 heavy (non-hydrogen) atoms. The third-order valence-electron chi connectivity index (χ3n) is 4.95. The lowest BCUT2D eigenvalue weighted by Crippen LogP contribution is -2.34. The molecule has 3 rings (SSSR count). The van der Waals surface area contributed by atoms with Crippen LogP contribution in [-0.2, 0) is 34.8 Å². The number of hydrogen-bond acceptors (Lipinski definition) is 5. The SMILES string of the molecule is CC.CCc1nc(Cl)nc(NCc2cccc(C(C)(F)F)c2F)c1CC.O=CN1CCOCC1. The van der Waals surface area contributed by atoms with E-state index in [0.717, 1.165) is 36.8 Å². The highest BCUT2D eigenvalue weighted by Crippen LogP contribution is 2.31. The average molecular weight is 503 g/mol. The van der Waals surface area contributed by atoms with Crippen molar-refractivity contribution < 1.29 is 22.7 Å². The Labute approximate surface area is 204 Å². The number of hydrogen-bond donors (Lipinski definition) is 1. The summed E-state index contributed by atoms with van der Waals surface area (Å²) in [7, 11) is 0. The monoisotopic (exact) mass is 502 g/mol.